The Labute approximate surface area is 161 Å². The number of rotatable bonds is 6. The molecule has 0 saturated carbocycles. The molecule has 1 aromatic carbocycles. The van der Waals surface area contributed by atoms with Crippen LogP contribution in [0.1, 0.15) is 49.6 Å². The van der Waals surface area contributed by atoms with Crippen LogP contribution >= 0.6 is 0 Å². The van der Waals surface area contributed by atoms with Crippen LogP contribution in [0.25, 0.3) is 0 Å². The largest absolute Gasteiger partial charge is 0.309 e. The summed E-state index contributed by atoms with van der Waals surface area (Å²) in [7, 11) is -3.67. The zero-order valence-corrected chi connectivity index (χ0v) is 17.5. The summed E-state index contributed by atoms with van der Waals surface area (Å²) >= 11 is 0. The average molecular weight is 393 g/mol. The van der Waals surface area contributed by atoms with Crippen LogP contribution in [0.5, 0.6) is 0 Å². The van der Waals surface area contributed by atoms with E-state index in [9.17, 15) is 13.2 Å². The predicted molar refractivity (Wildman–Crippen MR) is 106 cm³/mol. The van der Waals surface area contributed by atoms with Crippen molar-refractivity contribution >= 4 is 21.7 Å². The van der Waals surface area contributed by atoms with Crippen molar-refractivity contribution in [2.24, 2.45) is 0 Å². The number of hydrogen-bond donors (Lipinski definition) is 3. The number of H-pyrrole nitrogens is 1. The van der Waals surface area contributed by atoms with E-state index in [0.29, 0.717) is 16.9 Å². The van der Waals surface area contributed by atoms with Crippen LogP contribution in [-0.2, 0) is 20.2 Å². The lowest BCUT2D eigenvalue weighted by Gasteiger charge is -2.14. The quantitative estimate of drug-likeness (QED) is 0.703. The van der Waals surface area contributed by atoms with E-state index in [1.54, 1.807) is 19.9 Å². The molecule has 0 atom stereocenters. The second-order valence-electron chi connectivity index (χ2n) is 7.84. The molecule has 0 aliphatic carbocycles. The number of sulfonamides is 1. The van der Waals surface area contributed by atoms with Crippen molar-refractivity contribution in [1.29, 1.82) is 0 Å². The van der Waals surface area contributed by atoms with Gasteiger partial charge in [0.1, 0.15) is 0 Å². The molecule has 1 heterocycles. The summed E-state index contributed by atoms with van der Waals surface area (Å²) in [4.78, 5) is 12.3. The molecule has 2 rings (SSSR count). The van der Waals surface area contributed by atoms with Crippen LogP contribution in [0.2, 0.25) is 0 Å². The van der Waals surface area contributed by atoms with Gasteiger partial charge in [-0.25, -0.2) is 13.1 Å². The minimum atomic E-state index is -3.67. The predicted octanol–water partition coefficient (Wildman–Crippen LogP) is 2.94. The minimum Gasteiger partial charge on any atom is -0.309 e. The molecule has 0 radical (unpaired) electrons. The number of hydrogen-bond acceptors (Lipinski definition) is 4. The average Bonchev–Trinajstić information content (AvgIpc) is 2.93. The summed E-state index contributed by atoms with van der Waals surface area (Å²) in [5.41, 5.74) is 3.20. The van der Waals surface area contributed by atoms with Gasteiger partial charge in [0.25, 0.3) is 0 Å². The van der Waals surface area contributed by atoms with Gasteiger partial charge in [-0.05, 0) is 31.9 Å². The lowest BCUT2D eigenvalue weighted by Crippen LogP contribution is -2.29. The molecule has 0 aliphatic heterocycles. The Morgan fingerprint density at radius 2 is 1.70 bits per heavy atom. The first-order valence-electron chi connectivity index (χ1n) is 8.83. The number of carbonyl (C=O) groups excluding carboxylic acids is 1. The lowest BCUT2D eigenvalue weighted by molar-refractivity contribution is -0.116. The number of aromatic nitrogens is 2. The first-order valence-corrected chi connectivity index (χ1v) is 10.3. The zero-order chi connectivity index (χ0) is 20.4. The number of carbonyl (C=O) groups is 1. The number of nitrogens with one attached hydrogen (secondary N) is 3. The molecule has 0 bridgehead atoms. The molecule has 1 amide bonds. The highest BCUT2D eigenvalue weighted by Gasteiger charge is 2.20. The molecule has 2 aromatic rings. The van der Waals surface area contributed by atoms with Gasteiger partial charge >= 0.3 is 0 Å². The maximum Gasteiger partial charge on any atom is 0.241 e. The van der Waals surface area contributed by atoms with E-state index in [-0.39, 0.29) is 29.2 Å². The Balaban J connectivity index is 1.95. The summed E-state index contributed by atoms with van der Waals surface area (Å²) in [6, 6.07) is 5.44. The third-order valence-electron chi connectivity index (χ3n) is 4.17. The molecule has 7 nitrogen and oxygen atoms in total. The van der Waals surface area contributed by atoms with Crippen molar-refractivity contribution in [2.75, 3.05) is 11.9 Å². The van der Waals surface area contributed by atoms with Crippen molar-refractivity contribution < 1.29 is 13.2 Å². The molecule has 0 unspecified atom stereocenters. The third kappa shape index (κ3) is 5.40. The summed E-state index contributed by atoms with van der Waals surface area (Å²) < 4.78 is 27.7. The number of benzene rings is 1. The Kier molecular flexibility index (Phi) is 6.11. The molecule has 1 aromatic heterocycles. The van der Waals surface area contributed by atoms with E-state index in [2.05, 4.69) is 20.2 Å². The van der Waals surface area contributed by atoms with Crippen LogP contribution in [0.4, 0.5) is 5.82 Å². The standard InChI is InChI=1S/C19H28N4O3S/c1-12-9-13(2)18(14(3)10-12)27(25,26)20-8-7-17(24)21-16-11-15(22-23-16)19(4,5)6/h9-11,20H,7-8H2,1-6H3,(H2,21,22,23,24). The van der Waals surface area contributed by atoms with Crippen LogP contribution in [0.15, 0.2) is 23.1 Å². The zero-order valence-electron chi connectivity index (χ0n) is 16.7. The van der Waals surface area contributed by atoms with Crippen molar-refractivity contribution in [3.05, 3.63) is 40.6 Å². The number of nitrogens with zero attached hydrogens (tertiary/aromatic N) is 1. The highest BCUT2D eigenvalue weighted by atomic mass is 32.2. The molecule has 0 spiro atoms. The fraction of sp³-hybridized carbons (Fsp3) is 0.474. The van der Waals surface area contributed by atoms with Crippen LogP contribution in [-0.4, -0.2) is 31.1 Å². The maximum absolute atomic E-state index is 12.6. The molecule has 0 fully saturated rings. The van der Waals surface area contributed by atoms with Crippen molar-refractivity contribution in [2.45, 2.75) is 58.3 Å². The molecule has 27 heavy (non-hydrogen) atoms. The Bertz CT molecular complexity index is 917. The molecule has 3 N–H and O–H groups in total. The summed E-state index contributed by atoms with van der Waals surface area (Å²) in [6.45, 7) is 11.6. The van der Waals surface area contributed by atoms with Gasteiger partial charge in [-0.1, -0.05) is 38.5 Å². The van der Waals surface area contributed by atoms with Crippen molar-refractivity contribution in [1.82, 2.24) is 14.9 Å². The normalized spacial score (nSPS) is 12.2. The molecule has 8 heteroatoms. The number of amides is 1. The van der Waals surface area contributed by atoms with Gasteiger partial charge in [-0.15, -0.1) is 0 Å². The summed E-state index contributed by atoms with van der Waals surface area (Å²) in [5, 5.41) is 9.63. The van der Waals surface area contributed by atoms with E-state index >= 15 is 0 Å². The van der Waals surface area contributed by atoms with E-state index in [1.165, 1.54) is 0 Å². The molecular weight excluding hydrogens is 364 g/mol. The molecule has 148 valence electrons. The SMILES string of the molecule is Cc1cc(C)c(S(=O)(=O)NCCC(=O)Nc2cc(C(C)(C)C)[nH]n2)c(C)c1. The van der Waals surface area contributed by atoms with E-state index in [1.807, 2.05) is 39.8 Å². The van der Waals surface area contributed by atoms with E-state index < -0.39 is 10.0 Å². The lowest BCUT2D eigenvalue weighted by atomic mass is 9.92. The first-order chi connectivity index (χ1) is 12.4. The highest BCUT2D eigenvalue weighted by molar-refractivity contribution is 7.89. The van der Waals surface area contributed by atoms with Gasteiger partial charge in [-0.3, -0.25) is 9.89 Å². The van der Waals surface area contributed by atoms with Crippen molar-refractivity contribution in [3.8, 4) is 0 Å². The monoisotopic (exact) mass is 392 g/mol. The topological polar surface area (TPSA) is 104 Å². The van der Waals surface area contributed by atoms with Crippen LogP contribution < -0.4 is 10.0 Å². The number of anilines is 1. The second-order valence-corrected chi connectivity index (χ2v) is 9.54. The van der Waals surface area contributed by atoms with Crippen molar-refractivity contribution in [3.63, 3.8) is 0 Å². The Morgan fingerprint density at radius 3 is 2.22 bits per heavy atom. The van der Waals surface area contributed by atoms with Crippen LogP contribution in [0.3, 0.4) is 0 Å². The van der Waals surface area contributed by atoms with E-state index in [4.69, 9.17) is 0 Å². The Hall–Kier alpha value is -2.19. The van der Waals surface area contributed by atoms with E-state index in [0.717, 1.165) is 11.3 Å². The molecule has 0 saturated heterocycles. The summed E-state index contributed by atoms with van der Waals surface area (Å²) in [6.07, 6.45) is 0.0148. The van der Waals surface area contributed by atoms with Gasteiger partial charge < -0.3 is 5.32 Å². The van der Waals surface area contributed by atoms with Gasteiger partial charge in [0, 0.05) is 30.1 Å². The second kappa shape index (κ2) is 7.82. The molecule has 0 aliphatic rings. The molecular formula is C19H28N4O3S. The smallest absolute Gasteiger partial charge is 0.241 e. The fourth-order valence-corrected chi connectivity index (χ4v) is 4.42. The third-order valence-corrected chi connectivity index (χ3v) is 5.94. The maximum atomic E-state index is 12.6. The first kappa shape index (κ1) is 21.1. The van der Waals surface area contributed by atoms with Gasteiger partial charge in [0.05, 0.1) is 4.90 Å². The number of aromatic amines is 1. The van der Waals surface area contributed by atoms with Crippen LogP contribution in [0, 0.1) is 20.8 Å². The van der Waals surface area contributed by atoms with Gasteiger partial charge in [0.2, 0.25) is 15.9 Å². The Morgan fingerprint density at radius 1 is 1.11 bits per heavy atom. The minimum absolute atomic E-state index is 0.0114. The van der Waals surface area contributed by atoms with Gasteiger partial charge in [0.15, 0.2) is 5.82 Å². The summed E-state index contributed by atoms with van der Waals surface area (Å²) in [5.74, 6) is 0.125. The van der Waals surface area contributed by atoms with Gasteiger partial charge in [-0.2, -0.15) is 5.10 Å². The highest BCUT2D eigenvalue weighted by Crippen LogP contribution is 2.22. The number of aryl methyl sites for hydroxylation is 3. The fourth-order valence-electron chi connectivity index (χ4n) is 2.94.